The molecule has 1 saturated heterocycles. The Morgan fingerprint density at radius 2 is 2.11 bits per heavy atom. The molecule has 1 fully saturated rings. The lowest BCUT2D eigenvalue weighted by Gasteiger charge is -2.19. The molecule has 2 aromatic rings. The molecule has 3 rings (SSSR count). The Bertz CT molecular complexity index is 570. The molecular weight excluding hydrogens is 236 g/mol. The maximum Gasteiger partial charge on any atom is 0.0823 e. The van der Waals surface area contributed by atoms with Crippen LogP contribution < -0.4 is 0 Å². The zero-order chi connectivity index (χ0) is 13.2. The summed E-state index contributed by atoms with van der Waals surface area (Å²) in [6.45, 7) is 2.91. The zero-order valence-corrected chi connectivity index (χ0v) is 11.3. The van der Waals surface area contributed by atoms with Crippen molar-refractivity contribution in [3.8, 4) is 0 Å². The molecule has 1 aliphatic heterocycles. The second-order valence-electron chi connectivity index (χ2n) is 5.40. The lowest BCUT2D eigenvalue weighted by Crippen LogP contribution is -2.12. The predicted octanol–water partition coefficient (Wildman–Crippen LogP) is 3.75. The van der Waals surface area contributed by atoms with Crippen LogP contribution in [0.25, 0.3) is 10.8 Å². The highest BCUT2D eigenvalue weighted by molar-refractivity contribution is 5.87. The fourth-order valence-electron chi connectivity index (χ4n) is 3.04. The Morgan fingerprint density at radius 1 is 1.26 bits per heavy atom. The van der Waals surface area contributed by atoms with Crippen LogP contribution in [0.15, 0.2) is 36.4 Å². The van der Waals surface area contributed by atoms with Crippen molar-refractivity contribution in [2.45, 2.75) is 38.4 Å². The van der Waals surface area contributed by atoms with Gasteiger partial charge in [-0.15, -0.1) is 0 Å². The van der Waals surface area contributed by atoms with Crippen molar-refractivity contribution in [1.82, 2.24) is 0 Å². The van der Waals surface area contributed by atoms with Crippen molar-refractivity contribution in [3.05, 3.63) is 47.5 Å². The van der Waals surface area contributed by atoms with E-state index in [0.29, 0.717) is 6.42 Å². The van der Waals surface area contributed by atoms with E-state index >= 15 is 0 Å². The van der Waals surface area contributed by atoms with E-state index in [1.165, 1.54) is 5.39 Å². The molecule has 100 valence electrons. The van der Waals surface area contributed by atoms with Gasteiger partial charge in [-0.25, -0.2) is 0 Å². The van der Waals surface area contributed by atoms with E-state index in [-0.39, 0.29) is 6.10 Å². The maximum absolute atomic E-state index is 10.6. The third kappa shape index (κ3) is 2.51. The number of hydrogen-bond donors (Lipinski definition) is 1. The van der Waals surface area contributed by atoms with E-state index < -0.39 is 6.10 Å². The van der Waals surface area contributed by atoms with Crippen molar-refractivity contribution in [2.24, 2.45) is 0 Å². The van der Waals surface area contributed by atoms with Gasteiger partial charge in [-0.2, -0.15) is 0 Å². The SMILES string of the molecule is Cc1ccc2ccccc2c1C(O)CC1CCCO1. The molecule has 0 amide bonds. The standard InChI is InChI=1S/C17H20O2/c1-12-8-9-13-5-2-3-7-15(13)17(12)16(18)11-14-6-4-10-19-14/h2-3,5,7-9,14,16,18H,4,6,10-11H2,1H3. The van der Waals surface area contributed by atoms with Crippen LogP contribution in [0.2, 0.25) is 0 Å². The molecule has 1 N–H and O–H groups in total. The quantitative estimate of drug-likeness (QED) is 0.906. The summed E-state index contributed by atoms with van der Waals surface area (Å²) in [6.07, 6.45) is 2.67. The lowest BCUT2D eigenvalue weighted by molar-refractivity contribution is 0.0538. The normalized spacial score (nSPS) is 20.8. The Hall–Kier alpha value is -1.38. The summed E-state index contributed by atoms with van der Waals surface area (Å²) >= 11 is 0. The lowest BCUT2D eigenvalue weighted by atomic mass is 9.92. The second kappa shape index (κ2) is 5.32. The van der Waals surface area contributed by atoms with E-state index in [1.54, 1.807) is 0 Å². The van der Waals surface area contributed by atoms with Gasteiger partial charge >= 0.3 is 0 Å². The summed E-state index contributed by atoms with van der Waals surface area (Å²) in [4.78, 5) is 0. The third-order valence-electron chi connectivity index (χ3n) is 4.03. The zero-order valence-electron chi connectivity index (χ0n) is 11.3. The number of aliphatic hydroxyl groups is 1. The Balaban J connectivity index is 1.95. The topological polar surface area (TPSA) is 29.5 Å². The van der Waals surface area contributed by atoms with Gasteiger partial charge in [0.2, 0.25) is 0 Å². The van der Waals surface area contributed by atoms with Crippen molar-refractivity contribution in [3.63, 3.8) is 0 Å². The van der Waals surface area contributed by atoms with E-state index in [2.05, 4.69) is 31.2 Å². The molecule has 2 aromatic carbocycles. The van der Waals surface area contributed by atoms with Crippen LogP contribution in [0.4, 0.5) is 0 Å². The minimum absolute atomic E-state index is 0.216. The highest BCUT2D eigenvalue weighted by atomic mass is 16.5. The van der Waals surface area contributed by atoms with Crippen LogP contribution in [0.1, 0.15) is 36.5 Å². The average molecular weight is 256 g/mol. The smallest absolute Gasteiger partial charge is 0.0823 e. The number of fused-ring (bicyclic) bond motifs is 1. The molecule has 1 heterocycles. The van der Waals surface area contributed by atoms with Crippen molar-refractivity contribution in [1.29, 1.82) is 0 Å². The molecule has 2 atom stereocenters. The number of aliphatic hydroxyl groups excluding tert-OH is 1. The van der Waals surface area contributed by atoms with Gasteiger partial charge in [-0.3, -0.25) is 0 Å². The Morgan fingerprint density at radius 3 is 2.89 bits per heavy atom. The minimum atomic E-state index is -0.436. The molecule has 19 heavy (non-hydrogen) atoms. The number of hydrogen-bond acceptors (Lipinski definition) is 2. The molecular formula is C17H20O2. The van der Waals surface area contributed by atoms with Gasteiger partial charge in [-0.05, 0) is 41.7 Å². The molecule has 0 saturated carbocycles. The predicted molar refractivity (Wildman–Crippen MR) is 77.2 cm³/mol. The average Bonchev–Trinajstić information content (AvgIpc) is 2.91. The summed E-state index contributed by atoms with van der Waals surface area (Å²) < 4.78 is 5.64. The summed E-state index contributed by atoms with van der Waals surface area (Å²) in [7, 11) is 0. The molecule has 0 spiro atoms. The van der Waals surface area contributed by atoms with Crippen molar-refractivity contribution < 1.29 is 9.84 Å². The Labute approximate surface area is 114 Å². The number of rotatable bonds is 3. The monoisotopic (exact) mass is 256 g/mol. The summed E-state index contributed by atoms with van der Waals surface area (Å²) in [5, 5.41) is 12.9. The van der Waals surface area contributed by atoms with Crippen molar-refractivity contribution >= 4 is 10.8 Å². The van der Waals surface area contributed by atoms with Crippen LogP contribution in [0.3, 0.4) is 0 Å². The van der Waals surface area contributed by atoms with E-state index in [0.717, 1.165) is 36.0 Å². The highest BCUT2D eigenvalue weighted by Crippen LogP contribution is 2.32. The van der Waals surface area contributed by atoms with Gasteiger partial charge in [0.1, 0.15) is 0 Å². The van der Waals surface area contributed by atoms with Gasteiger partial charge in [0.15, 0.2) is 0 Å². The maximum atomic E-state index is 10.6. The molecule has 2 unspecified atom stereocenters. The first-order chi connectivity index (χ1) is 9.25. The first-order valence-electron chi connectivity index (χ1n) is 7.03. The van der Waals surface area contributed by atoms with Crippen LogP contribution in [-0.2, 0) is 4.74 Å². The van der Waals surface area contributed by atoms with E-state index in [9.17, 15) is 5.11 Å². The van der Waals surface area contributed by atoms with Gasteiger partial charge in [0.05, 0.1) is 12.2 Å². The fraction of sp³-hybridized carbons (Fsp3) is 0.412. The van der Waals surface area contributed by atoms with Gasteiger partial charge < -0.3 is 9.84 Å². The van der Waals surface area contributed by atoms with Crippen LogP contribution in [0, 0.1) is 6.92 Å². The summed E-state index contributed by atoms with van der Waals surface area (Å²) in [5.74, 6) is 0. The molecule has 0 aromatic heterocycles. The first-order valence-corrected chi connectivity index (χ1v) is 7.03. The van der Waals surface area contributed by atoms with E-state index in [4.69, 9.17) is 4.74 Å². The fourth-order valence-corrected chi connectivity index (χ4v) is 3.04. The second-order valence-corrected chi connectivity index (χ2v) is 5.40. The van der Waals surface area contributed by atoms with Crippen LogP contribution in [0.5, 0.6) is 0 Å². The molecule has 2 heteroatoms. The molecule has 1 aliphatic rings. The first kappa shape index (κ1) is 12.6. The molecule has 2 nitrogen and oxygen atoms in total. The minimum Gasteiger partial charge on any atom is -0.388 e. The van der Waals surface area contributed by atoms with Gasteiger partial charge in [-0.1, -0.05) is 36.4 Å². The number of benzene rings is 2. The summed E-state index contributed by atoms with van der Waals surface area (Å²) in [6, 6.07) is 12.5. The molecule has 0 radical (unpaired) electrons. The number of aryl methyl sites for hydroxylation is 1. The highest BCUT2D eigenvalue weighted by Gasteiger charge is 2.22. The summed E-state index contributed by atoms with van der Waals surface area (Å²) in [5.41, 5.74) is 2.22. The van der Waals surface area contributed by atoms with Gasteiger partial charge in [0.25, 0.3) is 0 Å². The van der Waals surface area contributed by atoms with Crippen LogP contribution >= 0.6 is 0 Å². The Kier molecular flexibility index (Phi) is 3.54. The van der Waals surface area contributed by atoms with E-state index in [1.807, 2.05) is 12.1 Å². The largest absolute Gasteiger partial charge is 0.388 e. The van der Waals surface area contributed by atoms with Crippen molar-refractivity contribution in [2.75, 3.05) is 6.61 Å². The third-order valence-corrected chi connectivity index (χ3v) is 4.03. The van der Waals surface area contributed by atoms with Gasteiger partial charge in [0, 0.05) is 13.0 Å². The van der Waals surface area contributed by atoms with Crippen LogP contribution in [-0.4, -0.2) is 17.8 Å². The molecule has 0 bridgehead atoms. The number of ether oxygens (including phenoxy) is 1. The molecule has 0 aliphatic carbocycles.